The summed E-state index contributed by atoms with van der Waals surface area (Å²) in [4.78, 5) is 5.24. The van der Waals surface area contributed by atoms with Gasteiger partial charge in [-0.25, -0.2) is 0 Å². The maximum Gasteiger partial charge on any atom is 0.0739 e. The molecule has 5 aromatic rings. The maximum atomic E-state index is 6.02. The fourth-order valence-corrected chi connectivity index (χ4v) is 4.20. The van der Waals surface area contributed by atoms with Crippen molar-refractivity contribution >= 4 is 49.4 Å². The highest BCUT2D eigenvalue weighted by Crippen LogP contribution is 2.38. The van der Waals surface area contributed by atoms with E-state index in [0.29, 0.717) is 5.69 Å². The highest BCUT2D eigenvalue weighted by atomic mass is 32.1. The van der Waals surface area contributed by atoms with E-state index in [0.717, 1.165) is 27.8 Å². The van der Waals surface area contributed by atoms with Crippen molar-refractivity contribution in [3.05, 3.63) is 67.1 Å². The standard InChI is InChI=1S/C20H15N5S/c21-16-11-22-6-5-17(16)24-14-7-13-10-23-25-20(13)15(9-14)19-8-12-3-1-2-4-18(12)26-19/h1-11H,21H2,(H,22,24)(H,23,25). The molecular weight excluding hydrogens is 342 g/mol. The molecule has 0 fully saturated rings. The average molecular weight is 357 g/mol. The lowest BCUT2D eigenvalue weighted by Crippen LogP contribution is -1.97. The Morgan fingerprint density at radius 3 is 2.81 bits per heavy atom. The first-order valence-electron chi connectivity index (χ1n) is 8.20. The molecule has 5 nitrogen and oxygen atoms in total. The van der Waals surface area contributed by atoms with Crippen LogP contribution in [0, 0.1) is 0 Å². The number of anilines is 3. The summed E-state index contributed by atoms with van der Waals surface area (Å²) < 4.78 is 1.27. The Bertz CT molecular complexity index is 1200. The second-order valence-corrected chi connectivity index (χ2v) is 7.18. The van der Waals surface area contributed by atoms with E-state index >= 15 is 0 Å². The number of hydrogen-bond acceptors (Lipinski definition) is 5. The Morgan fingerprint density at radius 1 is 1.00 bits per heavy atom. The monoisotopic (exact) mass is 357 g/mol. The number of fused-ring (bicyclic) bond motifs is 2. The third-order valence-corrected chi connectivity index (χ3v) is 5.52. The first kappa shape index (κ1) is 14.9. The van der Waals surface area contributed by atoms with Crippen LogP contribution in [0.3, 0.4) is 0 Å². The van der Waals surface area contributed by atoms with Gasteiger partial charge in [-0.3, -0.25) is 10.1 Å². The Hall–Kier alpha value is -3.38. The largest absolute Gasteiger partial charge is 0.396 e. The van der Waals surface area contributed by atoms with Gasteiger partial charge < -0.3 is 11.1 Å². The predicted octanol–water partition coefficient (Wildman–Crippen LogP) is 5.17. The molecule has 0 aliphatic heterocycles. The van der Waals surface area contributed by atoms with Crippen LogP contribution >= 0.6 is 11.3 Å². The van der Waals surface area contributed by atoms with Crippen molar-refractivity contribution in [2.45, 2.75) is 0 Å². The smallest absolute Gasteiger partial charge is 0.0739 e. The molecule has 3 heterocycles. The van der Waals surface area contributed by atoms with Gasteiger partial charge in [-0.15, -0.1) is 11.3 Å². The summed E-state index contributed by atoms with van der Waals surface area (Å²) in [6.07, 6.45) is 5.21. The van der Waals surface area contributed by atoms with Crippen molar-refractivity contribution < 1.29 is 0 Å². The first-order valence-corrected chi connectivity index (χ1v) is 9.02. The van der Waals surface area contributed by atoms with Crippen molar-refractivity contribution in [3.63, 3.8) is 0 Å². The van der Waals surface area contributed by atoms with Crippen LogP contribution in [-0.2, 0) is 0 Å². The fraction of sp³-hybridized carbons (Fsp3) is 0. The molecule has 0 unspecified atom stereocenters. The maximum absolute atomic E-state index is 6.02. The third-order valence-electron chi connectivity index (χ3n) is 4.37. The van der Waals surface area contributed by atoms with Crippen LogP contribution < -0.4 is 11.1 Å². The Labute approximate surface area is 153 Å². The molecule has 0 saturated heterocycles. The number of rotatable bonds is 3. The Balaban J connectivity index is 1.67. The topological polar surface area (TPSA) is 79.6 Å². The number of nitrogens with two attached hydrogens (primary N) is 1. The lowest BCUT2D eigenvalue weighted by Gasteiger charge is -2.11. The zero-order valence-corrected chi connectivity index (χ0v) is 14.5. The van der Waals surface area contributed by atoms with Gasteiger partial charge in [0.1, 0.15) is 0 Å². The lowest BCUT2D eigenvalue weighted by molar-refractivity contribution is 1.12. The van der Waals surface area contributed by atoms with E-state index in [1.807, 2.05) is 12.3 Å². The van der Waals surface area contributed by atoms with Crippen LogP contribution in [-0.4, -0.2) is 15.2 Å². The van der Waals surface area contributed by atoms with E-state index in [1.165, 1.54) is 15.0 Å². The van der Waals surface area contributed by atoms with Crippen molar-refractivity contribution in [2.24, 2.45) is 0 Å². The second kappa shape index (κ2) is 5.86. The minimum absolute atomic E-state index is 0.614. The number of nitrogens with one attached hydrogen (secondary N) is 2. The van der Waals surface area contributed by atoms with E-state index in [2.05, 4.69) is 63.0 Å². The number of thiophene rings is 1. The zero-order chi connectivity index (χ0) is 17.5. The molecule has 2 aromatic carbocycles. The van der Waals surface area contributed by atoms with E-state index in [1.54, 1.807) is 23.7 Å². The number of nitrogens with zero attached hydrogens (tertiary/aromatic N) is 2. The number of nitrogen functional groups attached to an aromatic ring is 1. The van der Waals surface area contributed by atoms with Crippen molar-refractivity contribution in [1.29, 1.82) is 0 Å². The Morgan fingerprint density at radius 2 is 1.92 bits per heavy atom. The minimum Gasteiger partial charge on any atom is -0.396 e. The molecule has 0 saturated carbocycles. The normalized spacial score (nSPS) is 11.2. The summed E-state index contributed by atoms with van der Waals surface area (Å²) in [6.45, 7) is 0. The molecule has 0 aliphatic rings. The molecule has 6 heteroatoms. The molecule has 126 valence electrons. The predicted molar refractivity (Wildman–Crippen MR) is 109 cm³/mol. The third kappa shape index (κ3) is 2.48. The second-order valence-electron chi connectivity index (χ2n) is 6.09. The number of aromatic amines is 1. The molecule has 3 aromatic heterocycles. The minimum atomic E-state index is 0.614. The first-order chi connectivity index (χ1) is 12.8. The van der Waals surface area contributed by atoms with Crippen LogP contribution in [0.15, 0.2) is 67.1 Å². The van der Waals surface area contributed by atoms with Crippen molar-refractivity contribution in [2.75, 3.05) is 11.1 Å². The van der Waals surface area contributed by atoms with E-state index in [9.17, 15) is 0 Å². The van der Waals surface area contributed by atoms with Crippen molar-refractivity contribution in [3.8, 4) is 10.4 Å². The van der Waals surface area contributed by atoms with E-state index in [-0.39, 0.29) is 0 Å². The molecule has 0 aliphatic carbocycles. The Kier molecular flexibility index (Phi) is 3.36. The summed E-state index contributed by atoms with van der Waals surface area (Å²) in [5.41, 5.74) is 10.6. The molecule has 0 spiro atoms. The van der Waals surface area contributed by atoms with Crippen LogP contribution in [0.1, 0.15) is 0 Å². The quantitative estimate of drug-likeness (QED) is 0.416. The molecule has 4 N–H and O–H groups in total. The van der Waals surface area contributed by atoms with Crippen molar-refractivity contribution in [1.82, 2.24) is 15.2 Å². The summed E-state index contributed by atoms with van der Waals surface area (Å²) in [6, 6.07) is 16.7. The summed E-state index contributed by atoms with van der Waals surface area (Å²) in [7, 11) is 0. The van der Waals surface area contributed by atoms with Crippen LogP contribution in [0.25, 0.3) is 31.4 Å². The lowest BCUT2D eigenvalue weighted by atomic mass is 10.1. The molecule has 0 bridgehead atoms. The van der Waals surface area contributed by atoms with Gasteiger partial charge in [0.15, 0.2) is 0 Å². The number of hydrogen-bond donors (Lipinski definition) is 3. The van der Waals surface area contributed by atoms with Gasteiger partial charge in [-0.1, -0.05) is 18.2 Å². The van der Waals surface area contributed by atoms with Gasteiger partial charge in [0.05, 0.1) is 29.3 Å². The van der Waals surface area contributed by atoms with Crippen LogP contribution in [0.2, 0.25) is 0 Å². The average Bonchev–Trinajstić information content (AvgIpc) is 3.29. The van der Waals surface area contributed by atoms with Gasteiger partial charge in [0, 0.05) is 32.4 Å². The summed E-state index contributed by atoms with van der Waals surface area (Å²) >= 11 is 1.78. The molecule has 0 atom stereocenters. The summed E-state index contributed by atoms with van der Waals surface area (Å²) in [5, 5.41) is 13.0. The van der Waals surface area contributed by atoms with Gasteiger partial charge in [-0.2, -0.15) is 5.10 Å². The van der Waals surface area contributed by atoms with E-state index in [4.69, 9.17) is 5.73 Å². The molecule has 5 rings (SSSR count). The number of H-pyrrole nitrogens is 1. The highest BCUT2D eigenvalue weighted by Gasteiger charge is 2.12. The molecule has 0 amide bonds. The molecule has 26 heavy (non-hydrogen) atoms. The number of pyridine rings is 1. The fourth-order valence-electron chi connectivity index (χ4n) is 3.11. The van der Waals surface area contributed by atoms with E-state index < -0.39 is 0 Å². The highest BCUT2D eigenvalue weighted by molar-refractivity contribution is 7.22. The SMILES string of the molecule is Nc1cnccc1Nc1cc(-c2cc3ccccc3s2)c2[nH]ncc2c1. The zero-order valence-electron chi connectivity index (χ0n) is 13.7. The van der Waals surface area contributed by atoms with Gasteiger partial charge >= 0.3 is 0 Å². The van der Waals surface area contributed by atoms with Gasteiger partial charge in [-0.05, 0) is 35.7 Å². The van der Waals surface area contributed by atoms with Gasteiger partial charge in [0.25, 0.3) is 0 Å². The van der Waals surface area contributed by atoms with Gasteiger partial charge in [0.2, 0.25) is 0 Å². The number of aromatic nitrogens is 3. The number of benzene rings is 2. The summed E-state index contributed by atoms with van der Waals surface area (Å²) in [5.74, 6) is 0. The molecule has 0 radical (unpaired) electrons. The molecular formula is C20H15N5S. The van der Waals surface area contributed by atoms with Crippen LogP contribution in [0.4, 0.5) is 17.1 Å². The van der Waals surface area contributed by atoms with Crippen LogP contribution in [0.5, 0.6) is 0 Å².